The summed E-state index contributed by atoms with van der Waals surface area (Å²) < 4.78 is 37.4. The summed E-state index contributed by atoms with van der Waals surface area (Å²) >= 11 is 0. The largest absolute Gasteiger partial charge is 0.395 e. The molecule has 0 aliphatic carbocycles. The van der Waals surface area contributed by atoms with Gasteiger partial charge in [0.25, 0.3) is 0 Å². The Morgan fingerprint density at radius 2 is 2.05 bits per heavy atom. The van der Waals surface area contributed by atoms with Gasteiger partial charge in [-0.05, 0) is 24.6 Å². The SMILES string of the molecule is CC(c1ccc(F)c(F)c1)N(C)C(=O)CS(=O)CCO. The van der Waals surface area contributed by atoms with Crippen molar-refractivity contribution >= 4 is 16.7 Å². The zero-order valence-electron chi connectivity index (χ0n) is 11.3. The Morgan fingerprint density at radius 1 is 1.40 bits per heavy atom. The monoisotopic (exact) mass is 305 g/mol. The molecule has 2 unspecified atom stereocenters. The van der Waals surface area contributed by atoms with Crippen LogP contribution in [0.25, 0.3) is 0 Å². The first-order chi connectivity index (χ1) is 9.36. The van der Waals surface area contributed by atoms with Crippen LogP contribution >= 0.6 is 0 Å². The van der Waals surface area contributed by atoms with E-state index in [0.29, 0.717) is 5.56 Å². The molecule has 2 atom stereocenters. The van der Waals surface area contributed by atoms with Crippen LogP contribution in [0.4, 0.5) is 8.78 Å². The van der Waals surface area contributed by atoms with Crippen molar-refractivity contribution in [1.82, 2.24) is 4.90 Å². The van der Waals surface area contributed by atoms with Gasteiger partial charge >= 0.3 is 0 Å². The molecule has 112 valence electrons. The van der Waals surface area contributed by atoms with Crippen molar-refractivity contribution in [2.75, 3.05) is 25.2 Å². The number of hydrogen-bond donors (Lipinski definition) is 1. The molecule has 1 N–H and O–H groups in total. The highest BCUT2D eigenvalue weighted by Gasteiger charge is 2.20. The number of hydrogen-bond acceptors (Lipinski definition) is 3. The predicted octanol–water partition coefficient (Wildman–Crippen LogP) is 1.23. The number of carbonyl (C=O) groups excluding carboxylic acids is 1. The minimum atomic E-state index is -1.43. The number of halogens is 2. The van der Waals surface area contributed by atoms with Crippen LogP contribution in [0.2, 0.25) is 0 Å². The van der Waals surface area contributed by atoms with E-state index in [2.05, 4.69) is 0 Å². The second-order valence-electron chi connectivity index (χ2n) is 4.37. The van der Waals surface area contributed by atoms with Crippen molar-refractivity contribution in [1.29, 1.82) is 0 Å². The first kappa shape index (κ1) is 16.7. The fourth-order valence-electron chi connectivity index (χ4n) is 1.63. The number of aliphatic hydroxyl groups is 1. The molecule has 1 rings (SSSR count). The maximum absolute atomic E-state index is 13.2. The third kappa shape index (κ3) is 4.35. The quantitative estimate of drug-likeness (QED) is 0.860. The average Bonchev–Trinajstić information content (AvgIpc) is 2.40. The lowest BCUT2D eigenvalue weighted by Gasteiger charge is -2.25. The highest BCUT2D eigenvalue weighted by Crippen LogP contribution is 2.21. The van der Waals surface area contributed by atoms with Gasteiger partial charge in [-0.2, -0.15) is 0 Å². The van der Waals surface area contributed by atoms with Crippen LogP contribution in [0.15, 0.2) is 18.2 Å². The van der Waals surface area contributed by atoms with E-state index in [1.165, 1.54) is 18.0 Å². The van der Waals surface area contributed by atoms with Gasteiger partial charge < -0.3 is 10.0 Å². The van der Waals surface area contributed by atoms with Crippen LogP contribution < -0.4 is 0 Å². The van der Waals surface area contributed by atoms with Crippen LogP contribution in [0.1, 0.15) is 18.5 Å². The Balaban J connectivity index is 2.75. The smallest absolute Gasteiger partial charge is 0.235 e. The summed E-state index contributed by atoms with van der Waals surface area (Å²) in [4.78, 5) is 13.2. The molecule has 0 radical (unpaired) electrons. The highest BCUT2D eigenvalue weighted by molar-refractivity contribution is 7.85. The van der Waals surface area contributed by atoms with Gasteiger partial charge in [0.2, 0.25) is 5.91 Å². The lowest BCUT2D eigenvalue weighted by molar-refractivity contribution is -0.129. The van der Waals surface area contributed by atoms with Gasteiger partial charge in [0.05, 0.1) is 12.6 Å². The molecule has 0 fully saturated rings. The lowest BCUT2D eigenvalue weighted by Crippen LogP contribution is -2.34. The minimum absolute atomic E-state index is 0.0408. The van der Waals surface area contributed by atoms with Crippen molar-refractivity contribution in [2.24, 2.45) is 0 Å². The second-order valence-corrected chi connectivity index (χ2v) is 5.94. The maximum Gasteiger partial charge on any atom is 0.235 e. The van der Waals surface area contributed by atoms with E-state index in [0.717, 1.165) is 12.1 Å². The molecule has 20 heavy (non-hydrogen) atoms. The van der Waals surface area contributed by atoms with Crippen molar-refractivity contribution < 1.29 is 22.9 Å². The Kier molecular flexibility index (Phi) is 6.22. The molecule has 0 saturated heterocycles. The third-order valence-corrected chi connectivity index (χ3v) is 4.21. The molecule has 1 aromatic rings. The molecule has 1 amide bonds. The molecule has 0 aliphatic heterocycles. The summed E-state index contributed by atoms with van der Waals surface area (Å²) in [6.07, 6.45) is 0. The Morgan fingerprint density at radius 3 is 2.60 bits per heavy atom. The summed E-state index contributed by atoms with van der Waals surface area (Å²) in [5.41, 5.74) is 0.452. The van der Waals surface area contributed by atoms with E-state index in [-0.39, 0.29) is 24.0 Å². The molecule has 4 nitrogen and oxygen atoms in total. The number of benzene rings is 1. The van der Waals surface area contributed by atoms with Crippen molar-refractivity contribution in [3.8, 4) is 0 Å². The van der Waals surface area contributed by atoms with Gasteiger partial charge in [-0.25, -0.2) is 8.78 Å². The summed E-state index contributed by atoms with van der Waals surface area (Å²) in [6.45, 7) is 1.42. The van der Waals surface area contributed by atoms with E-state index < -0.39 is 28.5 Å². The summed E-state index contributed by atoms with van der Waals surface area (Å²) in [6, 6.07) is 2.97. The summed E-state index contributed by atoms with van der Waals surface area (Å²) in [5.74, 6) is -2.46. The molecular weight excluding hydrogens is 288 g/mol. The van der Waals surface area contributed by atoms with Gasteiger partial charge in [0.15, 0.2) is 11.6 Å². The Hall–Kier alpha value is -1.34. The van der Waals surface area contributed by atoms with Crippen LogP contribution in [0.5, 0.6) is 0 Å². The van der Waals surface area contributed by atoms with E-state index >= 15 is 0 Å². The molecule has 0 aromatic heterocycles. The summed E-state index contributed by atoms with van der Waals surface area (Å²) in [5, 5.41) is 8.64. The van der Waals surface area contributed by atoms with E-state index in [1.54, 1.807) is 6.92 Å². The standard InChI is InChI=1S/C13H17F2NO3S/c1-9(10-3-4-11(14)12(15)7-10)16(2)13(18)8-20(19)6-5-17/h3-4,7,9,17H,5-6,8H2,1-2H3. The van der Waals surface area contributed by atoms with Crippen LogP contribution in [0.3, 0.4) is 0 Å². The van der Waals surface area contributed by atoms with Crippen molar-refractivity contribution in [2.45, 2.75) is 13.0 Å². The molecular formula is C13H17F2NO3S. The fourth-order valence-corrected chi connectivity index (χ4v) is 2.45. The fraction of sp³-hybridized carbons (Fsp3) is 0.462. The predicted molar refractivity (Wildman–Crippen MR) is 72.5 cm³/mol. The lowest BCUT2D eigenvalue weighted by atomic mass is 10.1. The first-order valence-corrected chi connectivity index (χ1v) is 7.52. The van der Waals surface area contributed by atoms with Gasteiger partial charge in [-0.3, -0.25) is 9.00 Å². The number of rotatable bonds is 6. The van der Waals surface area contributed by atoms with Crippen LogP contribution in [-0.2, 0) is 15.6 Å². The molecule has 0 heterocycles. The van der Waals surface area contributed by atoms with Crippen molar-refractivity contribution in [3.63, 3.8) is 0 Å². The molecule has 1 aromatic carbocycles. The topological polar surface area (TPSA) is 57.6 Å². The molecule has 0 spiro atoms. The first-order valence-electron chi connectivity index (χ1n) is 6.03. The third-order valence-electron chi connectivity index (χ3n) is 3.00. The Labute approximate surface area is 118 Å². The van der Waals surface area contributed by atoms with Gasteiger partial charge in [0, 0.05) is 23.6 Å². The zero-order valence-corrected chi connectivity index (χ0v) is 12.1. The summed E-state index contributed by atoms with van der Waals surface area (Å²) in [7, 11) is 0.0774. The van der Waals surface area contributed by atoms with Gasteiger partial charge in [-0.15, -0.1) is 0 Å². The molecule has 7 heteroatoms. The Bertz CT molecular complexity index is 510. The number of nitrogens with zero attached hydrogens (tertiary/aromatic N) is 1. The van der Waals surface area contributed by atoms with Crippen LogP contribution in [0, 0.1) is 11.6 Å². The average molecular weight is 305 g/mol. The zero-order chi connectivity index (χ0) is 15.3. The number of aliphatic hydroxyl groups excluding tert-OH is 1. The van der Waals surface area contributed by atoms with E-state index in [9.17, 15) is 17.8 Å². The van der Waals surface area contributed by atoms with Crippen molar-refractivity contribution in [3.05, 3.63) is 35.4 Å². The highest BCUT2D eigenvalue weighted by atomic mass is 32.2. The second kappa shape index (κ2) is 7.44. The molecule has 0 aliphatic rings. The molecule has 0 saturated carbocycles. The van der Waals surface area contributed by atoms with E-state index in [1.807, 2.05) is 0 Å². The molecule has 0 bridgehead atoms. The minimum Gasteiger partial charge on any atom is -0.395 e. The van der Waals surface area contributed by atoms with E-state index in [4.69, 9.17) is 5.11 Å². The number of amides is 1. The number of carbonyl (C=O) groups is 1. The van der Waals surface area contributed by atoms with Gasteiger partial charge in [-0.1, -0.05) is 6.07 Å². The normalized spacial score (nSPS) is 13.8. The maximum atomic E-state index is 13.2. The van der Waals surface area contributed by atoms with Gasteiger partial charge in [0.1, 0.15) is 5.75 Å². The van der Waals surface area contributed by atoms with Crippen LogP contribution in [-0.4, -0.2) is 45.3 Å².